The first kappa shape index (κ1) is 16.2. The van der Waals surface area contributed by atoms with Crippen molar-refractivity contribution in [2.45, 2.75) is 19.0 Å². The van der Waals surface area contributed by atoms with Crippen LogP contribution in [0.5, 0.6) is 0 Å². The predicted molar refractivity (Wildman–Crippen MR) is 103 cm³/mol. The van der Waals surface area contributed by atoms with Crippen LogP contribution < -0.4 is 10.2 Å². The second kappa shape index (κ2) is 6.54. The van der Waals surface area contributed by atoms with Crippen LogP contribution in [0.2, 0.25) is 0 Å². The molecule has 0 bridgehead atoms. The van der Waals surface area contributed by atoms with E-state index in [1.165, 1.54) is 22.6 Å². The summed E-state index contributed by atoms with van der Waals surface area (Å²) in [6.07, 6.45) is 1.79. The van der Waals surface area contributed by atoms with E-state index in [4.69, 9.17) is 12.2 Å². The molecular formula is C19H16FN3S2. The van der Waals surface area contributed by atoms with Gasteiger partial charge in [-0.3, -0.25) is 4.98 Å². The third kappa shape index (κ3) is 2.92. The van der Waals surface area contributed by atoms with Crippen LogP contribution >= 0.6 is 23.6 Å². The lowest BCUT2D eigenvalue weighted by atomic mass is 10.0. The summed E-state index contributed by atoms with van der Waals surface area (Å²) in [6.45, 7) is 2.10. The molecule has 0 saturated carbocycles. The number of anilines is 1. The molecular weight excluding hydrogens is 353 g/mol. The lowest BCUT2D eigenvalue weighted by Crippen LogP contribution is -2.29. The molecule has 3 aromatic rings. The molecule has 2 aromatic heterocycles. The monoisotopic (exact) mass is 369 g/mol. The van der Waals surface area contributed by atoms with E-state index in [0.29, 0.717) is 5.11 Å². The van der Waals surface area contributed by atoms with Crippen LogP contribution in [0.25, 0.3) is 0 Å². The van der Waals surface area contributed by atoms with Crippen molar-refractivity contribution in [3.8, 4) is 0 Å². The SMILES string of the molecule is Cc1ccsc1[C@H]1[C@H](c2ccccn2)NC(=S)N1c1ccc(F)cc1. The molecule has 1 N–H and O–H groups in total. The maximum atomic E-state index is 13.4. The number of nitrogens with one attached hydrogen (secondary N) is 1. The summed E-state index contributed by atoms with van der Waals surface area (Å²) >= 11 is 7.33. The lowest BCUT2D eigenvalue weighted by molar-refractivity contribution is 0.573. The Labute approximate surface area is 155 Å². The van der Waals surface area contributed by atoms with Gasteiger partial charge in [-0.2, -0.15) is 0 Å². The average Bonchev–Trinajstić information content (AvgIpc) is 3.19. The summed E-state index contributed by atoms with van der Waals surface area (Å²) in [7, 11) is 0. The average molecular weight is 369 g/mol. The van der Waals surface area contributed by atoms with E-state index in [9.17, 15) is 4.39 Å². The molecule has 4 rings (SSSR count). The summed E-state index contributed by atoms with van der Waals surface area (Å²) < 4.78 is 13.4. The third-order valence-corrected chi connectivity index (χ3v) is 5.78. The number of halogens is 1. The maximum Gasteiger partial charge on any atom is 0.174 e. The van der Waals surface area contributed by atoms with Crippen molar-refractivity contribution in [1.29, 1.82) is 0 Å². The van der Waals surface area contributed by atoms with Crippen LogP contribution in [0.3, 0.4) is 0 Å². The summed E-state index contributed by atoms with van der Waals surface area (Å²) in [6, 6.07) is 14.4. The number of aromatic nitrogens is 1. The molecule has 0 unspecified atom stereocenters. The van der Waals surface area contributed by atoms with Gasteiger partial charge in [0.1, 0.15) is 5.82 Å². The molecule has 126 valence electrons. The molecule has 0 amide bonds. The Bertz CT molecular complexity index is 893. The molecule has 0 spiro atoms. The van der Waals surface area contributed by atoms with E-state index >= 15 is 0 Å². The predicted octanol–water partition coefficient (Wildman–Crippen LogP) is 4.77. The fourth-order valence-corrected chi connectivity index (χ4v) is 4.59. The smallest absolute Gasteiger partial charge is 0.174 e. The summed E-state index contributed by atoms with van der Waals surface area (Å²) in [5.41, 5.74) is 3.02. The van der Waals surface area contributed by atoms with Crippen LogP contribution in [0.15, 0.2) is 60.1 Å². The van der Waals surface area contributed by atoms with Gasteiger partial charge in [0.05, 0.1) is 17.8 Å². The van der Waals surface area contributed by atoms with Gasteiger partial charge in [-0.05, 0) is 72.5 Å². The second-order valence-electron chi connectivity index (χ2n) is 5.94. The fraction of sp³-hybridized carbons (Fsp3) is 0.158. The van der Waals surface area contributed by atoms with Crippen LogP contribution in [0.4, 0.5) is 10.1 Å². The van der Waals surface area contributed by atoms with Gasteiger partial charge in [0.15, 0.2) is 5.11 Å². The number of thiocarbonyl (C=S) groups is 1. The number of hydrogen-bond acceptors (Lipinski definition) is 3. The molecule has 25 heavy (non-hydrogen) atoms. The van der Waals surface area contributed by atoms with E-state index in [1.54, 1.807) is 29.7 Å². The van der Waals surface area contributed by atoms with Crippen molar-refractivity contribution < 1.29 is 4.39 Å². The highest BCUT2D eigenvalue weighted by atomic mass is 32.1. The first-order chi connectivity index (χ1) is 12.1. The molecule has 1 aromatic carbocycles. The highest BCUT2D eigenvalue weighted by Crippen LogP contribution is 2.44. The molecule has 1 saturated heterocycles. The van der Waals surface area contributed by atoms with Crippen molar-refractivity contribution in [2.75, 3.05) is 4.90 Å². The zero-order valence-electron chi connectivity index (χ0n) is 13.5. The van der Waals surface area contributed by atoms with Crippen molar-refractivity contribution in [2.24, 2.45) is 0 Å². The molecule has 3 nitrogen and oxygen atoms in total. The first-order valence-corrected chi connectivity index (χ1v) is 9.24. The Hall–Kier alpha value is -2.31. The minimum Gasteiger partial charge on any atom is -0.351 e. The minimum atomic E-state index is -0.257. The van der Waals surface area contributed by atoms with Crippen molar-refractivity contribution in [3.63, 3.8) is 0 Å². The van der Waals surface area contributed by atoms with Gasteiger partial charge in [-0.15, -0.1) is 11.3 Å². The fourth-order valence-electron chi connectivity index (χ4n) is 3.19. The molecule has 1 fully saturated rings. The van der Waals surface area contributed by atoms with E-state index < -0.39 is 0 Å². The molecule has 3 heterocycles. The Kier molecular flexibility index (Phi) is 4.23. The normalized spacial score (nSPS) is 19.9. The van der Waals surface area contributed by atoms with E-state index in [2.05, 4.69) is 33.6 Å². The molecule has 0 aliphatic carbocycles. The third-order valence-electron chi connectivity index (χ3n) is 4.37. The molecule has 6 heteroatoms. The number of pyridine rings is 1. The van der Waals surface area contributed by atoms with Crippen molar-refractivity contribution >= 4 is 34.4 Å². The Balaban J connectivity index is 1.83. The lowest BCUT2D eigenvalue weighted by Gasteiger charge is -2.27. The van der Waals surface area contributed by atoms with E-state index in [-0.39, 0.29) is 17.9 Å². The number of nitrogens with zero attached hydrogens (tertiary/aromatic N) is 2. The molecule has 0 radical (unpaired) electrons. The molecule has 1 aliphatic rings. The first-order valence-electron chi connectivity index (χ1n) is 7.95. The quantitative estimate of drug-likeness (QED) is 0.673. The highest BCUT2D eigenvalue weighted by Gasteiger charge is 2.41. The van der Waals surface area contributed by atoms with Crippen LogP contribution in [-0.2, 0) is 0 Å². The van der Waals surface area contributed by atoms with Crippen LogP contribution in [0.1, 0.15) is 28.2 Å². The number of hydrogen-bond donors (Lipinski definition) is 1. The summed E-state index contributed by atoms with van der Waals surface area (Å²) in [5, 5.41) is 6.12. The number of rotatable bonds is 3. The van der Waals surface area contributed by atoms with Crippen LogP contribution in [-0.4, -0.2) is 10.1 Å². The van der Waals surface area contributed by atoms with Crippen LogP contribution in [0, 0.1) is 12.7 Å². The number of thiophene rings is 1. The van der Waals surface area contributed by atoms with Gasteiger partial charge in [0.25, 0.3) is 0 Å². The second-order valence-corrected chi connectivity index (χ2v) is 7.28. The van der Waals surface area contributed by atoms with E-state index in [0.717, 1.165) is 11.4 Å². The largest absolute Gasteiger partial charge is 0.351 e. The molecule has 2 atom stereocenters. The number of aryl methyl sites for hydroxylation is 1. The van der Waals surface area contributed by atoms with Gasteiger partial charge >= 0.3 is 0 Å². The molecule has 1 aliphatic heterocycles. The summed E-state index contributed by atoms with van der Waals surface area (Å²) in [5.74, 6) is -0.257. The Morgan fingerprint density at radius 1 is 1.16 bits per heavy atom. The maximum absolute atomic E-state index is 13.4. The zero-order valence-corrected chi connectivity index (χ0v) is 15.2. The summed E-state index contributed by atoms with van der Waals surface area (Å²) in [4.78, 5) is 7.81. The standard InChI is InChI=1S/C19H16FN3S2/c1-12-9-11-25-18(12)17-16(15-4-2-3-10-21-15)22-19(24)23(17)14-7-5-13(20)6-8-14/h2-11,16-17H,1H3,(H,22,24)/t16-,17+/m0/s1. The van der Waals surface area contributed by atoms with Crippen molar-refractivity contribution in [1.82, 2.24) is 10.3 Å². The van der Waals surface area contributed by atoms with Crippen molar-refractivity contribution in [3.05, 3.63) is 82.1 Å². The van der Waals surface area contributed by atoms with Gasteiger partial charge in [-0.25, -0.2) is 4.39 Å². The Morgan fingerprint density at radius 2 is 1.96 bits per heavy atom. The van der Waals surface area contributed by atoms with Gasteiger partial charge in [0.2, 0.25) is 0 Å². The number of benzene rings is 1. The van der Waals surface area contributed by atoms with Gasteiger partial charge in [-0.1, -0.05) is 6.07 Å². The van der Waals surface area contributed by atoms with Gasteiger partial charge < -0.3 is 10.2 Å². The minimum absolute atomic E-state index is 0.0205. The Morgan fingerprint density at radius 3 is 2.60 bits per heavy atom. The van der Waals surface area contributed by atoms with E-state index in [1.807, 2.05) is 18.2 Å². The highest BCUT2D eigenvalue weighted by molar-refractivity contribution is 7.80. The van der Waals surface area contributed by atoms with Gasteiger partial charge in [0, 0.05) is 16.8 Å². The topological polar surface area (TPSA) is 28.2 Å². The zero-order chi connectivity index (χ0) is 17.4.